The molecule has 124 valence electrons. The number of rotatable bonds is 11. The molecule has 0 rings (SSSR count). The van der Waals surface area contributed by atoms with E-state index in [9.17, 15) is 9.59 Å². The van der Waals surface area contributed by atoms with Crippen molar-refractivity contribution in [3.63, 3.8) is 0 Å². The second-order valence-electron chi connectivity index (χ2n) is 5.51. The van der Waals surface area contributed by atoms with Crippen LogP contribution < -0.4 is 5.73 Å². The number of esters is 2. The molecule has 0 saturated heterocycles. The minimum Gasteiger partial charge on any atom is -0.466 e. The highest BCUT2D eigenvalue weighted by Gasteiger charge is 2.19. The Kier molecular flexibility index (Phi) is 10.8. The van der Waals surface area contributed by atoms with Gasteiger partial charge in [-0.1, -0.05) is 0 Å². The first-order chi connectivity index (χ1) is 9.82. The van der Waals surface area contributed by atoms with Crippen molar-refractivity contribution < 1.29 is 19.1 Å². The minimum absolute atomic E-state index is 0.144. The predicted molar refractivity (Wildman–Crippen MR) is 80.9 cm³/mol. The molecule has 0 aromatic heterocycles. The quantitative estimate of drug-likeness (QED) is 0.414. The SMILES string of the molecule is CN(C)CCCOC(=O)C[C@H](N)C(=O)OCCCN(C)C. The second kappa shape index (κ2) is 11.5. The highest BCUT2D eigenvalue weighted by Crippen LogP contribution is 1.98. The van der Waals surface area contributed by atoms with Gasteiger partial charge in [-0.15, -0.1) is 0 Å². The van der Waals surface area contributed by atoms with Gasteiger partial charge in [0.25, 0.3) is 0 Å². The molecule has 0 bridgehead atoms. The molecule has 0 spiro atoms. The maximum Gasteiger partial charge on any atom is 0.323 e. The summed E-state index contributed by atoms with van der Waals surface area (Å²) in [5.74, 6) is -1.02. The predicted octanol–water partition coefficient (Wildman–Crippen LogP) is -0.306. The van der Waals surface area contributed by atoms with Crippen LogP contribution in [0.2, 0.25) is 0 Å². The van der Waals surface area contributed by atoms with Crippen LogP contribution in [0.25, 0.3) is 0 Å². The molecule has 0 aliphatic heterocycles. The second-order valence-corrected chi connectivity index (χ2v) is 5.51. The summed E-state index contributed by atoms with van der Waals surface area (Å²) >= 11 is 0. The Balaban J connectivity index is 3.72. The fraction of sp³-hybridized carbons (Fsp3) is 0.857. The monoisotopic (exact) mass is 303 g/mol. The van der Waals surface area contributed by atoms with Gasteiger partial charge < -0.3 is 25.0 Å². The van der Waals surface area contributed by atoms with Crippen LogP contribution in [0.15, 0.2) is 0 Å². The fourth-order valence-electron chi connectivity index (χ4n) is 1.55. The standard InChI is InChI=1S/C14H29N3O4/c1-16(2)7-5-9-20-13(18)11-12(15)14(19)21-10-6-8-17(3)4/h12H,5-11,15H2,1-4H3/t12-/m0/s1. The molecule has 0 heterocycles. The highest BCUT2D eigenvalue weighted by molar-refractivity contribution is 5.82. The van der Waals surface area contributed by atoms with Crippen LogP contribution in [-0.4, -0.2) is 82.3 Å². The van der Waals surface area contributed by atoms with E-state index < -0.39 is 18.0 Å². The first-order valence-electron chi connectivity index (χ1n) is 7.20. The third kappa shape index (κ3) is 12.3. The van der Waals surface area contributed by atoms with E-state index in [1.54, 1.807) is 0 Å². The molecule has 21 heavy (non-hydrogen) atoms. The Bertz CT molecular complexity index is 309. The van der Waals surface area contributed by atoms with Crippen molar-refractivity contribution in [1.29, 1.82) is 0 Å². The van der Waals surface area contributed by atoms with E-state index in [0.717, 1.165) is 25.9 Å². The lowest BCUT2D eigenvalue weighted by atomic mass is 10.2. The molecule has 0 aliphatic rings. The van der Waals surface area contributed by atoms with Crippen molar-refractivity contribution in [1.82, 2.24) is 9.80 Å². The largest absolute Gasteiger partial charge is 0.466 e. The van der Waals surface area contributed by atoms with Crippen LogP contribution in [0.4, 0.5) is 0 Å². The van der Waals surface area contributed by atoms with Gasteiger partial charge in [-0.05, 0) is 41.0 Å². The third-order valence-corrected chi connectivity index (χ3v) is 2.70. The molecule has 0 radical (unpaired) electrons. The number of hydrogen-bond donors (Lipinski definition) is 1. The summed E-state index contributed by atoms with van der Waals surface area (Å²) in [7, 11) is 7.79. The molecule has 2 N–H and O–H groups in total. The van der Waals surface area contributed by atoms with Crippen LogP contribution in [0.5, 0.6) is 0 Å². The van der Waals surface area contributed by atoms with Crippen molar-refractivity contribution in [2.45, 2.75) is 25.3 Å². The van der Waals surface area contributed by atoms with Gasteiger partial charge >= 0.3 is 11.9 Å². The lowest BCUT2D eigenvalue weighted by Crippen LogP contribution is -2.35. The van der Waals surface area contributed by atoms with Crippen LogP contribution in [0.1, 0.15) is 19.3 Å². The molecule has 1 atom stereocenters. The first kappa shape index (κ1) is 19.8. The van der Waals surface area contributed by atoms with Crippen molar-refractivity contribution in [3.8, 4) is 0 Å². The van der Waals surface area contributed by atoms with Gasteiger partial charge in [-0.25, -0.2) is 0 Å². The number of nitrogens with zero attached hydrogens (tertiary/aromatic N) is 2. The molecule has 0 unspecified atom stereocenters. The zero-order chi connectivity index (χ0) is 16.3. The van der Waals surface area contributed by atoms with Gasteiger partial charge in [-0.3, -0.25) is 9.59 Å². The van der Waals surface area contributed by atoms with Crippen LogP contribution in [0.3, 0.4) is 0 Å². The number of hydrogen-bond acceptors (Lipinski definition) is 7. The van der Waals surface area contributed by atoms with E-state index in [2.05, 4.69) is 0 Å². The average molecular weight is 303 g/mol. The molecule has 0 aromatic rings. The Hall–Kier alpha value is -1.18. The van der Waals surface area contributed by atoms with Crippen LogP contribution in [-0.2, 0) is 19.1 Å². The summed E-state index contributed by atoms with van der Waals surface area (Å²) < 4.78 is 10.0. The number of carbonyl (C=O) groups is 2. The molecule has 7 nitrogen and oxygen atoms in total. The summed E-state index contributed by atoms with van der Waals surface area (Å²) in [5, 5.41) is 0. The summed E-state index contributed by atoms with van der Waals surface area (Å²) in [4.78, 5) is 27.1. The van der Waals surface area contributed by atoms with Gasteiger partial charge in [0.05, 0.1) is 19.6 Å². The van der Waals surface area contributed by atoms with E-state index in [1.165, 1.54) is 0 Å². The van der Waals surface area contributed by atoms with E-state index in [0.29, 0.717) is 13.2 Å². The van der Waals surface area contributed by atoms with Crippen LogP contribution >= 0.6 is 0 Å². The van der Waals surface area contributed by atoms with Crippen molar-refractivity contribution in [2.24, 2.45) is 5.73 Å². The first-order valence-corrected chi connectivity index (χ1v) is 7.20. The average Bonchev–Trinajstić information content (AvgIpc) is 2.39. The Morgan fingerprint density at radius 2 is 1.43 bits per heavy atom. The molecular weight excluding hydrogens is 274 g/mol. The number of ether oxygens (including phenoxy) is 2. The normalized spacial score (nSPS) is 12.5. The van der Waals surface area contributed by atoms with Gasteiger partial charge in [-0.2, -0.15) is 0 Å². The minimum atomic E-state index is -0.953. The van der Waals surface area contributed by atoms with E-state index in [4.69, 9.17) is 15.2 Å². The summed E-state index contributed by atoms with van der Waals surface area (Å²) in [6, 6.07) is -0.953. The lowest BCUT2D eigenvalue weighted by molar-refractivity contribution is -0.152. The Labute approximate surface area is 127 Å². The Morgan fingerprint density at radius 3 is 1.90 bits per heavy atom. The molecular formula is C14H29N3O4. The molecule has 0 fully saturated rings. The maximum atomic E-state index is 11.6. The van der Waals surface area contributed by atoms with E-state index in [1.807, 2.05) is 38.0 Å². The van der Waals surface area contributed by atoms with Gasteiger partial charge in [0.1, 0.15) is 6.04 Å². The molecule has 7 heteroatoms. The van der Waals surface area contributed by atoms with Crippen molar-refractivity contribution in [2.75, 3.05) is 54.5 Å². The summed E-state index contributed by atoms with van der Waals surface area (Å²) in [6.45, 7) is 2.31. The Morgan fingerprint density at radius 1 is 0.952 bits per heavy atom. The summed E-state index contributed by atoms with van der Waals surface area (Å²) in [5.41, 5.74) is 5.62. The molecule has 0 aliphatic carbocycles. The summed E-state index contributed by atoms with van der Waals surface area (Å²) in [6.07, 6.45) is 1.35. The van der Waals surface area contributed by atoms with E-state index in [-0.39, 0.29) is 6.42 Å². The third-order valence-electron chi connectivity index (χ3n) is 2.70. The molecule has 0 amide bonds. The van der Waals surface area contributed by atoms with Crippen molar-refractivity contribution in [3.05, 3.63) is 0 Å². The number of carbonyl (C=O) groups excluding carboxylic acids is 2. The van der Waals surface area contributed by atoms with E-state index >= 15 is 0 Å². The zero-order valence-corrected chi connectivity index (χ0v) is 13.6. The lowest BCUT2D eigenvalue weighted by Gasteiger charge is -2.13. The van der Waals surface area contributed by atoms with Gasteiger partial charge in [0, 0.05) is 13.1 Å². The fourth-order valence-corrected chi connectivity index (χ4v) is 1.55. The number of nitrogens with two attached hydrogens (primary N) is 1. The van der Waals surface area contributed by atoms with Gasteiger partial charge in [0.2, 0.25) is 0 Å². The zero-order valence-electron chi connectivity index (χ0n) is 13.6. The van der Waals surface area contributed by atoms with Gasteiger partial charge in [0.15, 0.2) is 0 Å². The molecule has 0 aromatic carbocycles. The maximum absolute atomic E-state index is 11.6. The topological polar surface area (TPSA) is 85.1 Å². The smallest absolute Gasteiger partial charge is 0.323 e. The van der Waals surface area contributed by atoms with Crippen molar-refractivity contribution >= 4 is 11.9 Å². The molecule has 0 saturated carbocycles. The van der Waals surface area contributed by atoms with Crippen LogP contribution in [0, 0.1) is 0 Å². The highest BCUT2D eigenvalue weighted by atomic mass is 16.5.